The van der Waals surface area contributed by atoms with E-state index in [9.17, 15) is 35.1 Å². The minimum atomic E-state index is -1.94. The minimum absolute atomic E-state index is 0. The van der Waals surface area contributed by atoms with Gasteiger partial charge in [-0.05, 0) is 0 Å². The molecule has 1 aromatic heterocycles. The van der Waals surface area contributed by atoms with Crippen molar-refractivity contribution in [2.45, 2.75) is 30.7 Å². The normalized spacial score (nSPS) is 24.8. The van der Waals surface area contributed by atoms with Gasteiger partial charge >= 0.3 is 25.4 Å². The summed E-state index contributed by atoms with van der Waals surface area (Å²) in [7, 11) is 0. The van der Waals surface area contributed by atoms with Crippen molar-refractivity contribution >= 4 is 16.9 Å². The number of phenols is 2. The van der Waals surface area contributed by atoms with Crippen LogP contribution in [0, 0.1) is 0 Å². The monoisotopic (exact) mass is 510 g/mol. The summed E-state index contributed by atoms with van der Waals surface area (Å²) in [5.41, 5.74) is -0.265. The maximum absolute atomic E-state index is 12.5. The van der Waals surface area contributed by atoms with Gasteiger partial charge in [-0.3, -0.25) is 4.79 Å². The van der Waals surface area contributed by atoms with E-state index in [0.29, 0.717) is 5.56 Å². The Hall–Kier alpha value is -3.02. The van der Waals surface area contributed by atoms with Crippen molar-refractivity contribution in [1.29, 1.82) is 0 Å². The molecule has 0 aliphatic carbocycles. The molecule has 3 aromatic rings. The van der Waals surface area contributed by atoms with Gasteiger partial charge in [0.25, 0.3) is 0 Å². The van der Waals surface area contributed by atoms with E-state index in [1.807, 2.05) is 0 Å². The average Bonchev–Trinajstić information content (AvgIpc) is 2.77. The van der Waals surface area contributed by atoms with Gasteiger partial charge in [-0.2, -0.15) is 0 Å². The summed E-state index contributed by atoms with van der Waals surface area (Å²) in [5.74, 6) is -3.76. The molecule has 1 fully saturated rings. The van der Waals surface area contributed by atoms with Gasteiger partial charge in [0.05, 0.1) is 0 Å². The van der Waals surface area contributed by atoms with Gasteiger partial charge in [0.2, 0.25) is 12.0 Å². The number of fused-ring (bicyclic) bond motifs is 1. The number of aromatic hydroxyl groups is 2. The number of carboxylic acids is 1. The van der Waals surface area contributed by atoms with Gasteiger partial charge in [0.15, 0.2) is 23.0 Å². The van der Waals surface area contributed by atoms with Crippen molar-refractivity contribution < 1.29 is 68.8 Å². The van der Waals surface area contributed by atoms with Gasteiger partial charge in [0, 0.05) is 17.7 Å². The fraction of sp³-hybridized carbons (Fsp3) is 0.238. The SMILES string of the molecule is O=C(O)[C@H]1O[C@H](Oc2cc3oc(-c4ccccc4)cc(=O)c3c(O)c2O)[C@H](O)[C@@H](O)[C@@H]1O.[Zn+2]. The fourth-order valence-electron chi connectivity index (χ4n) is 3.38. The minimum Gasteiger partial charge on any atom is -0.504 e. The second kappa shape index (κ2) is 9.46. The molecule has 11 nitrogen and oxygen atoms in total. The molecule has 6 N–H and O–H groups in total. The number of aliphatic hydroxyl groups is 3. The van der Waals surface area contributed by atoms with Crippen LogP contribution in [-0.4, -0.2) is 67.3 Å². The first kappa shape index (κ1) is 24.6. The van der Waals surface area contributed by atoms with Crippen LogP contribution in [0.1, 0.15) is 0 Å². The number of hydrogen-bond donors (Lipinski definition) is 6. The van der Waals surface area contributed by atoms with Crippen molar-refractivity contribution in [3.05, 3.63) is 52.7 Å². The summed E-state index contributed by atoms with van der Waals surface area (Å²) < 4.78 is 16.0. The van der Waals surface area contributed by atoms with Crippen LogP contribution in [0.3, 0.4) is 0 Å². The molecule has 0 amide bonds. The molecule has 2 heterocycles. The molecule has 0 spiro atoms. The summed E-state index contributed by atoms with van der Waals surface area (Å²) in [5, 5.41) is 59.2. The molecule has 1 aliphatic rings. The molecular formula is C21H18O11Zn+2. The third-order valence-electron chi connectivity index (χ3n) is 5.05. The summed E-state index contributed by atoms with van der Waals surface area (Å²) >= 11 is 0. The Morgan fingerprint density at radius 2 is 1.61 bits per heavy atom. The van der Waals surface area contributed by atoms with Crippen molar-refractivity contribution in [1.82, 2.24) is 0 Å². The van der Waals surface area contributed by atoms with Gasteiger partial charge < -0.3 is 44.5 Å². The van der Waals surface area contributed by atoms with E-state index in [1.54, 1.807) is 30.3 Å². The Balaban J connectivity index is 0.00000306. The smallest absolute Gasteiger partial charge is 0.504 e. The Labute approximate surface area is 197 Å². The molecular weight excluding hydrogens is 494 g/mol. The summed E-state index contributed by atoms with van der Waals surface area (Å²) in [6.07, 6.45) is -9.56. The zero-order valence-electron chi connectivity index (χ0n) is 16.9. The predicted octanol–water partition coefficient (Wildman–Crippen LogP) is 0.140. The van der Waals surface area contributed by atoms with Gasteiger partial charge in [-0.15, -0.1) is 0 Å². The van der Waals surface area contributed by atoms with E-state index < -0.39 is 59.4 Å². The summed E-state index contributed by atoms with van der Waals surface area (Å²) in [6, 6.07) is 10.8. The van der Waals surface area contributed by atoms with E-state index in [4.69, 9.17) is 19.0 Å². The number of hydrogen-bond acceptors (Lipinski definition) is 10. The van der Waals surface area contributed by atoms with E-state index in [2.05, 4.69) is 0 Å². The van der Waals surface area contributed by atoms with Crippen molar-refractivity contribution in [3.63, 3.8) is 0 Å². The summed E-state index contributed by atoms with van der Waals surface area (Å²) in [6.45, 7) is 0. The molecule has 0 radical (unpaired) electrons. The molecule has 0 unspecified atom stereocenters. The zero-order valence-corrected chi connectivity index (χ0v) is 19.8. The predicted molar refractivity (Wildman–Crippen MR) is 106 cm³/mol. The molecule has 168 valence electrons. The van der Waals surface area contributed by atoms with Crippen LogP contribution in [0.4, 0.5) is 0 Å². The third kappa shape index (κ3) is 4.43. The Morgan fingerprint density at radius 3 is 2.24 bits per heavy atom. The Morgan fingerprint density at radius 1 is 0.939 bits per heavy atom. The van der Waals surface area contributed by atoms with Crippen LogP contribution in [-0.2, 0) is 29.0 Å². The van der Waals surface area contributed by atoms with Crippen molar-refractivity contribution in [2.24, 2.45) is 0 Å². The third-order valence-corrected chi connectivity index (χ3v) is 5.05. The largest absolute Gasteiger partial charge is 2.00 e. The van der Waals surface area contributed by atoms with Gasteiger partial charge in [0.1, 0.15) is 35.0 Å². The van der Waals surface area contributed by atoms with Crippen molar-refractivity contribution in [2.75, 3.05) is 0 Å². The molecule has 4 rings (SSSR count). The number of aliphatic carboxylic acids is 1. The van der Waals surface area contributed by atoms with E-state index in [0.717, 1.165) is 12.1 Å². The first-order valence-corrected chi connectivity index (χ1v) is 9.36. The standard InChI is InChI=1S/C21H18O11.Zn/c22-9-6-10(8-4-2-1-3-5-8)30-11-7-12(14(23)15(24)13(9)11)31-21-18(27)16(25)17(26)19(32-21)20(28)29;/h1-7,16-19,21,23-27H,(H,28,29);/q;+2/t16-,17-,18+,19-,21-;/m0./s1. The topological polar surface area (TPSA) is 187 Å². The molecule has 1 saturated heterocycles. The maximum atomic E-state index is 12.5. The number of carboxylic acid groups (broad SMARTS) is 1. The fourth-order valence-corrected chi connectivity index (χ4v) is 3.38. The first-order valence-electron chi connectivity index (χ1n) is 9.36. The Kier molecular flexibility index (Phi) is 7.06. The molecule has 33 heavy (non-hydrogen) atoms. The maximum Gasteiger partial charge on any atom is 2.00 e. The molecule has 0 bridgehead atoms. The van der Waals surface area contributed by atoms with Crippen molar-refractivity contribution in [3.8, 4) is 28.6 Å². The first-order chi connectivity index (χ1) is 15.2. The zero-order chi connectivity index (χ0) is 23.2. The molecule has 2 aromatic carbocycles. The number of benzene rings is 2. The average molecular weight is 512 g/mol. The van der Waals surface area contributed by atoms with Gasteiger partial charge in [-0.1, -0.05) is 30.3 Å². The number of aliphatic hydroxyl groups excluding tert-OH is 3. The molecule has 1 aliphatic heterocycles. The van der Waals surface area contributed by atoms with Crippen LogP contribution in [0.15, 0.2) is 51.7 Å². The Bertz CT molecular complexity index is 1230. The number of phenolic OH excluding ortho intramolecular Hbond substituents is 2. The molecule has 0 saturated carbocycles. The number of ether oxygens (including phenoxy) is 2. The van der Waals surface area contributed by atoms with E-state index in [-0.39, 0.29) is 36.2 Å². The molecule has 12 heteroatoms. The van der Waals surface area contributed by atoms with Crippen LogP contribution >= 0.6 is 0 Å². The van der Waals surface area contributed by atoms with Crippen LogP contribution in [0.2, 0.25) is 0 Å². The van der Waals surface area contributed by atoms with E-state index >= 15 is 0 Å². The van der Waals surface area contributed by atoms with Crippen LogP contribution in [0.25, 0.3) is 22.3 Å². The number of rotatable bonds is 4. The second-order valence-electron chi connectivity index (χ2n) is 7.14. The summed E-state index contributed by atoms with van der Waals surface area (Å²) in [4.78, 5) is 23.8. The quantitative estimate of drug-likeness (QED) is 0.206. The van der Waals surface area contributed by atoms with Gasteiger partial charge in [-0.25, -0.2) is 4.79 Å². The van der Waals surface area contributed by atoms with E-state index in [1.165, 1.54) is 0 Å². The molecule has 5 atom stereocenters. The van der Waals surface area contributed by atoms with Crippen LogP contribution < -0.4 is 10.2 Å². The van der Waals surface area contributed by atoms with Crippen LogP contribution in [0.5, 0.6) is 17.2 Å². The second-order valence-corrected chi connectivity index (χ2v) is 7.14. The number of carbonyl (C=O) groups is 1.